The van der Waals surface area contributed by atoms with Crippen molar-refractivity contribution in [3.05, 3.63) is 75.8 Å². The summed E-state index contributed by atoms with van der Waals surface area (Å²) in [4.78, 5) is 33.4. The van der Waals surface area contributed by atoms with Crippen molar-refractivity contribution in [1.29, 1.82) is 0 Å². The second-order valence-electron chi connectivity index (χ2n) is 6.21. The third-order valence-corrected chi connectivity index (χ3v) is 4.33. The molecule has 0 bridgehead atoms. The van der Waals surface area contributed by atoms with E-state index < -0.39 is 0 Å². The average Bonchev–Trinajstić information content (AvgIpc) is 2.61. The largest absolute Gasteiger partial charge is 0.341 e. The van der Waals surface area contributed by atoms with Gasteiger partial charge in [0.1, 0.15) is 5.82 Å². The van der Waals surface area contributed by atoms with Gasteiger partial charge < -0.3 is 9.88 Å². The number of amides is 1. The summed E-state index contributed by atoms with van der Waals surface area (Å²) in [5.41, 5.74) is 2.79. The van der Waals surface area contributed by atoms with E-state index in [1.54, 1.807) is 24.1 Å². The van der Waals surface area contributed by atoms with E-state index in [2.05, 4.69) is 9.97 Å². The van der Waals surface area contributed by atoms with Crippen LogP contribution in [0.2, 0.25) is 0 Å². The zero-order chi connectivity index (χ0) is 17.8. The number of carbonyl (C=O) groups is 1. The molecule has 0 radical (unpaired) electrons. The first-order chi connectivity index (χ1) is 12.0. The molecule has 2 aromatic carbocycles. The zero-order valence-electron chi connectivity index (χ0n) is 14.5. The van der Waals surface area contributed by atoms with Gasteiger partial charge in [-0.2, -0.15) is 0 Å². The number of hydrogen-bond donors (Lipinski definition) is 1. The molecule has 0 atom stereocenters. The number of aryl methyl sites for hydroxylation is 2. The van der Waals surface area contributed by atoms with Crippen LogP contribution >= 0.6 is 0 Å². The van der Waals surface area contributed by atoms with Gasteiger partial charge in [-0.3, -0.25) is 9.59 Å². The molecule has 5 nitrogen and oxygen atoms in total. The molecule has 0 aliphatic heterocycles. The maximum Gasteiger partial charge on any atom is 0.258 e. The van der Waals surface area contributed by atoms with Gasteiger partial charge in [-0.15, -0.1) is 0 Å². The fraction of sp³-hybridized carbons (Fsp3) is 0.250. The summed E-state index contributed by atoms with van der Waals surface area (Å²) in [5, 5.41) is 0.564. The predicted octanol–water partition coefficient (Wildman–Crippen LogP) is 2.82. The third kappa shape index (κ3) is 3.94. The summed E-state index contributed by atoms with van der Waals surface area (Å²) in [6.07, 6.45) is 0.723. The minimum Gasteiger partial charge on any atom is -0.341 e. The van der Waals surface area contributed by atoms with Crippen LogP contribution in [0, 0.1) is 6.92 Å². The molecule has 0 unspecified atom stereocenters. The fourth-order valence-corrected chi connectivity index (χ4v) is 2.80. The van der Waals surface area contributed by atoms with E-state index in [9.17, 15) is 9.59 Å². The number of H-pyrrole nitrogens is 1. The molecule has 3 aromatic rings. The van der Waals surface area contributed by atoms with Crippen LogP contribution in [-0.2, 0) is 17.8 Å². The number of hydrogen-bond acceptors (Lipinski definition) is 3. The lowest BCUT2D eigenvalue weighted by atomic mass is 10.1. The van der Waals surface area contributed by atoms with Crippen molar-refractivity contribution >= 4 is 16.8 Å². The van der Waals surface area contributed by atoms with Crippen molar-refractivity contribution < 1.29 is 4.79 Å². The number of benzene rings is 2. The van der Waals surface area contributed by atoms with Gasteiger partial charge in [-0.25, -0.2) is 4.98 Å². The number of fused-ring (bicyclic) bond motifs is 1. The maximum absolute atomic E-state index is 12.4. The van der Waals surface area contributed by atoms with E-state index in [1.807, 2.05) is 43.3 Å². The molecule has 128 valence electrons. The van der Waals surface area contributed by atoms with Gasteiger partial charge in [0, 0.05) is 26.4 Å². The minimum atomic E-state index is -0.165. The Morgan fingerprint density at radius 1 is 1.12 bits per heavy atom. The number of rotatable bonds is 5. The molecule has 0 spiro atoms. The Balaban J connectivity index is 1.66. The lowest BCUT2D eigenvalue weighted by Gasteiger charge is -2.18. The first kappa shape index (κ1) is 16.9. The molecular formula is C20H21N3O2. The molecule has 25 heavy (non-hydrogen) atoms. The smallest absolute Gasteiger partial charge is 0.258 e. The third-order valence-electron chi connectivity index (χ3n) is 4.33. The Morgan fingerprint density at radius 2 is 1.84 bits per heavy atom. The van der Waals surface area contributed by atoms with E-state index in [0.29, 0.717) is 36.1 Å². The lowest BCUT2D eigenvalue weighted by Crippen LogP contribution is -2.27. The number of nitrogens with zero attached hydrogens (tertiary/aromatic N) is 2. The monoisotopic (exact) mass is 335 g/mol. The van der Waals surface area contributed by atoms with Crippen molar-refractivity contribution in [2.75, 3.05) is 7.05 Å². The number of para-hydroxylation sites is 1. The SMILES string of the molecule is Cc1ccccc1CN(C)C(=O)CCc1nc2ccccc2c(=O)[nH]1. The number of carbonyl (C=O) groups excluding carboxylic acids is 1. The highest BCUT2D eigenvalue weighted by Gasteiger charge is 2.12. The highest BCUT2D eigenvalue weighted by molar-refractivity contribution is 5.78. The van der Waals surface area contributed by atoms with E-state index >= 15 is 0 Å². The Kier molecular flexibility index (Phi) is 4.93. The summed E-state index contributed by atoms with van der Waals surface area (Å²) in [6.45, 7) is 2.62. The van der Waals surface area contributed by atoms with Crippen LogP contribution in [0.4, 0.5) is 0 Å². The van der Waals surface area contributed by atoms with Gasteiger partial charge in [-0.05, 0) is 30.2 Å². The molecule has 0 fully saturated rings. The molecule has 3 rings (SSSR count). The molecular weight excluding hydrogens is 314 g/mol. The standard InChI is InChI=1S/C20H21N3O2/c1-14-7-3-4-8-15(14)13-23(2)19(24)12-11-18-21-17-10-6-5-9-16(17)20(25)22-18/h3-10H,11-13H2,1-2H3,(H,21,22,25). The van der Waals surface area contributed by atoms with Gasteiger partial charge in [0.15, 0.2) is 0 Å². The van der Waals surface area contributed by atoms with Crippen molar-refractivity contribution in [1.82, 2.24) is 14.9 Å². The molecule has 0 aliphatic carbocycles. The molecule has 1 amide bonds. The number of nitrogens with one attached hydrogen (secondary N) is 1. The Labute approximate surface area is 146 Å². The molecule has 1 aromatic heterocycles. The normalized spacial score (nSPS) is 10.8. The summed E-state index contributed by atoms with van der Waals surface area (Å²) in [6, 6.07) is 15.2. The van der Waals surface area contributed by atoms with Gasteiger partial charge in [-0.1, -0.05) is 36.4 Å². The fourth-order valence-electron chi connectivity index (χ4n) is 2.80. The summed E-state index contributed by atoms with van der Waals surface area (Å²) < 4.78 is 0. The van der Waals surface area contributed by atoms with Crippen molar-refractivity contribution in [2.24, 2.45) is 0 Å². The Bertz CT molecular complexity index is 962. The summed E-state index contributed by atoms with van der Waals surface area (Å²) in [7, 11) is 1.80. The molecule has 0 saturated heterocycles. The summed E-state index contributed by atoms with van der Waals surface area (Å²) in [5.74, 6) is 0.570. The van der Waals surface area contributed by atoms with Crippen molar-refractivity contribution in [2.45, 2.75) is 26.3 Å². The van der Waals surface area contributed by atoms with Crippen LogP contribution in [0.5, 0.6) is 0 Å². The van der Waals surface area contributed by atoms with Gasteiger partial charge in [0.05, 0.1) is 10.9 Å². The topological polar surface area (TPSA) is 66.1 Å². The second-order valence-corrected chi connectivity index (χ2v) is 6.21. The minimum absolute atomic E-state index is 0.0269. The maximum atomic E-state index is 12.4. The van der Waals surface area contributed by atoms with Gasteiger partial charge in [0.2, 0.25) is 5.91 Å². The van der Waals surface area contributed by atoms with Crippen LogP contribution in [0.25, 0.3) is 10.9 Å². The molecule has 1 N–H and O–H groups in total. The van der Waals surface area contributed by atoms with Gasteiger partial charge >= 0.3 is 0 Å². The Morgan fingerprint density at radius 3 is 2.64 bits per heavy atom. The Hall–Kier alpha value is -2.95. The number of aromatic amines is 1. The van der Waals surface area contributed by atoms with Gasteiger partial charge in [0.25, 0.3) is 5.56 Å². The van der Waals surface area contributed by atoms with Crippen LogP contribution < -0.4 is 5.56 Å². The lowest BCUT2D eigenvalue weighted by molar-refractivity contribution is -0.130. The molecule has 1 heterocycles. The van der Waals surface area contributed by atoms with Crippen LogP contribution in [0.1, 0.15) is 23.4 Å². The van der Waals surface area contributed by atoms with Crippen molar-refractivity contribution in [3.8, 4) is 0 Å². The average molecular weight is 335 g/mol. The highest BCUT2D eigenvalue weighted by Crippen LogP contribution is 2.11. The van der Waals surface area contributed by atoms with E-state index in [-0.39, 0.29) is 11.5 Å². The first-order valence-corrected chi connectivity index (χ1v) is 8.31. The summed E-state index contributed by atoms with van der Waals surface area (Å²) >= 11 is 0. The second kappa shape index (κ2) is 7.30. The zero-order valence-corrected chi connectivity index (χ0v) is 14.5. The van der Waals surface area contributed by atoms with Crippen LogP contribution in [-0.4, -0.2) is 27.8 Å². The van der Waals surface area contributed by atoms with Crippen LogP contribution in [0.3, 0.4) is 0 Å². The van der Waals surface area contributed by atoms with E-state index in [4.69, 9.17) is 0 Å². The van der Waals surface area contributed by atoms with Crippen molar-refractivity contribution in [3.63, 3.8) is 0 Å². The predicted molar refractivity (Wildman–Crippen MR) is 98.3 cm³/mol. The molecule has 0 saturated carbocycles. The quantitative estimate of drug-likeness (QED) is 0.780. The highest BCUT2D eigenvalue weighted by atomic mass is 16.2. The molecule has 5 heteroatoms. The van der Waals surface area contributed by atoms with E-state index in [0.717, 1.165) is 5.56 Å². The van der Waals surface area contributed by atoms with Crippen LogP contribution in [0.15, 0.2) is 53.3 Å². The number of aromatic nitrogens is 2. The first-order valence-electron chi connectivity index (χ1n) is 8.31. The molecule has 0 aliphatic rings. The van der Waals surface area contributed by atoms with E-state index in [1.165, 1.54) is 5.56 Å².